The Morgan fingerprint density at radius 3 is 2.77 bits per heavy atom. The second-order valence-corrected chi connectivity index (χ2v) is 3.93. The molecule has 0 aromatic rings. The lowest BCUT2D eigenvalue weighted by Crippen LogP contribution is -1.90. The fraction of sp³-hybridized carbons (Fsp3) is 0.750. The normalized spacial score (nSPS) is 18.2. The largest absolute Gasteiger partial charge is 0.295 e. The number of ketones is 1. The van der Waals surface area contributed by atoms with Crippen LogP contribution in [0.3, 0.4) is 0 Å². The van der Waals surface area contributed by atoms with E-state index in [9.17, 15) is 4.79 Å². The van der Waals surface area contributed by atoms with Crippen molar-refractivity contribution in [2.75, 3.05) is 0 Å². The molecule has 0 aromatic heterocycles. The second-order valence-electron chi connectivity index (χ2n) is 3.93. The lowest BCUT2D eigenvalue weighted by molar-refractivity contribution is -0.114. The summed E-state index contributed by atoms with van der Waals surface area (Å²) in [5.74, 6) is 0.351. The molecular weight excluding hydrogens is 160 g/mol. The Morgan fingerprint density at radius 1 is 1.23 bits per heavy atom. The van der Waals surface area contributed by atoms with Gasteiger partial charge in [0.2, 0.25) is 0 Å². The summed E-state index contributed by atoms with van der Waals surface area (Å²) in [6.45, 7) is 2.21. The summed E-state index contributed by atoms with van der Waals surface area (Å²) in [5.41, 5.74) is 1.40. The predicted octanol–water partition coefficient (Wildman–Crippen LogP) is 3.64. The molecule has 0 N–H and O–H groups in total. The number of hydrogen-bond acceptors (Lipinski definition) is 1. The number of rotatable bonds is 4. The van der Waals surface area contributed by atoms with E-state index >= 15 is 0 Å². The van der Waals surface area contributed by atoms with Crippen LogP contribution in [0.25, 0.3) is 0 Å². The zero-order valence-corrected chi connectivity index (χ0v) is 8.64. The van der Waals surface area contributed by atoms with Gasteiger partial charge in [-0.15, -0.1) is 0 Å². The first-order chi connectivity index (χ1) is 6.33. The molecule has 1 rings (SSSR count). The van der Waals surface area contributed by atoms with Crippen LogP contribution in [-0.2, 0) is 4.79 Å². The highest BCUT2D eigenvalue weighted by atomic mass is 16.1. The monoisotopic (exact) mass is 180 g/mol. The van der Waals surface area contributed by atoms with E-state index in [4.69, 9.17) is 0 Å². The minimum atomic E-state index is 0.351. The van der Waals surface area contributed by atoms with E-state index in [1.54, 1.807) is 0 Å². The molecule has 1 aliphatic rings. The van der Waals surface area contributed by atoms with E-state index in [0.29, 0.717) is 5.78 Å². The SMILES string of the molecule is CCCCCC1=CC(=O)CCCC1. The molecule has 0 atom stereocenters. The summed E-state index contributed by atoms with van der Waals surface area (Å²) >= 11 is 0. The van der Waals surface area contributed by atoms with Crippen molar-refractivity contribution >= 4 is 5.78 Å². The molecule has 13 heavy (non-hydrogen) atoms. The Bertz CT molecular complexity index is 191. The van der Waals surface area contributed by atoms with Crippen molar-refractivity contribution < 1.29 is 4.79 Å². The number of carbonyl (C=O) groups is 1. The number of carbonyl (C=O) groups excluding carboxylic acids is 1. The van der Waals surface area contributed by atoms with E-state index in [1.165, 1.54) is 31.3 Å². The Balaban J connectivity index is 2.32. The summed E-state index contributed by atoms with van der Waals surface area (Å²) in [6, 6.07) is 0. The Labute approximate surface area is 81.2 Å². The average Bonchev–Trinajstić information content (AvgIpc) is 2.31. The van der Waals surface area contributed by atoms with Crippen LogP contribution in [-0.4, -0.2) is 5.78 Å². The van der Waals surface area contributed by atoms with Crippen molar-refractivity contribution in [1.29, 1.82) is 0 Å². The van der Waals surface area contributed by atoms with Crippen LogP contribution >= 0.6 is 0 Å². The maximum atomic E-state index is 11.2. The highest BCUT2D eigenvalue weighted by Gasteiger charge is 2.07. The summed E-state index contributed by atoms with van der Waals surface area (Å²) in [6.07, 6.45) is 11.1. The highest BCUT2D eigenvalue weighted by Crippen LogP contribution is 2.20. The van der Waals surface area contributed by atoms with Gasteiger partial charge < -0.3 is 0 Å². The molecule has 0 fully saturated rings. The quantitative estimate of drug-likeness (QED) is 0.604. The zero-order chi connectivity index (χ0) is 9.52. The van der Waals surface area contributed by atoms with Gasteiger partial charge in [-0.3, -0.25) is 4.79 Å². The molecule has 0 unspecified atom stereocenters. The molecule has 0 aromatic carbocycles. The van der Waals surface area contributed by atoms with Crippen LogP contribution in [0.4, 0.5) is 0 Å². The first-order valence-electron chi connectivity index (χ1n) is 5.55. The van der Waals surface area contributed by atoms with Gasteiger partial charge in [-0.1, -0.05) is 25.3 Å². The Morgan fingerprint density at radius 2 is 2.00 bits per heavy atom. The van der Waals surface area contributed by atoms with E-state index in [1.807, 2.05) is 6.08 Å². The first kappa shape index (κ1) is 10.5. The van der Waals surface area contributed by atoms with Crippen molar-refractivity contribution in [2.24, 2.45) is 0 Å². The number of unbranched alkanes of at least 4 members (excludes halogenated alkanes) is 2. The molecule has 0 heterocycles. The van der Waals surface area contributed by atoms with Crippen molar-refractivity contribution in [3.63, 3.8) is 0 Å². The molecule has 0 saturated carbocycles. The van der Waals surface area contributed by atoms with E-state index < -0.39 is 0 Å². The fourth-order valence-corrected chi connectivity index (χ4v) is 1.82. The highest BCUT2D eigenvalue weighted by molar-refractivity contribution is 5.90. The summed E-state index contributed by atoms with van der Waals surface area (Å²) in [5, 5.41) is 0. The standard InChI is InChI=1S/C12H20O/c1-2-3-4-7-11-8-5-6-9-12(13)10-11/h10H,2-9H2,1H3. The van der Waals surface area contributed by atoms with Crippen LogP contribution in [0.2, 0.25) is 0 Å². The molecule has 0 saturated heterocycles. The maximum absolute atomic E-state index is 11.2. The zero-order valence-electron chi connectivity index (χ0n) is 8.64. The van der Waals surface area contributed by atoms with Gasteiger partial charge in [-0.25, -0.2) is 0 Å². The van der Waals surface area contributed by atoms with Gasteiger partial charge >= 0.3 is 0 Å². The van der Waals surface area contributed by atoms with Gasteiger partial charge in [-0.05, 0) is 38.2 Å². The molecular formula is C12H20O. The van der Waals surface area contributed by atoms with Crippen LogP contribution in [0.15, 0.2) is 11.6 Å². The minimum absolute atomic E-state index is 0.351. The Hall–Kier alpha value is -0.590. The molecule has 0 amide bonds. The topological polar surface area (TPSA) is 17.1 Å². The van der Waals surface area contributed by atoms with Gasteiger partial charge in [0, 0.05) is 6.42 Å². The smallest absolute Gasteiger partial charge is 0.155 e. The van der Waals surface area contributed by atoms with Gasteiger partial charge in [-0.2, -0.15) is 0 Å². The van der Waals surface area contributed by atoms with Crippen LogP contribution in [0, 0.1) is 0 Å². The third-order valence-electron chi connectivity index (χ3n) is 2.64. The van der Waals surface area contributed by atoms with E-state index in [2.05, 4.69) is 6.92 Å². The molecule has 0 bridgehead atoms. The van der Waals surface area contributed by atoms with Crippen molar-refractivity contribution in [3.8, 4) is 0 Å². The molecule has 1 nitrogen and oxygen atoms in total. The average molecular weight is 180 g/mol. The summed E-state index contributed by atoms with van der Waals surface area (Å²) in [4.78, 5) is 11.2. The van der Waals surface area contributed by atoms with Crippen molar-refractivity contribution in [2.45, 2.75) is 58.3 Å². The van der Waals surface area contributed by atoms with Crippen LogP contribution in [0.1, 0.15) is 58.3 Å². The molecule has 1 heteroatoms. The lowest BCUT2D eigenvalue weighted by atomic mass is 10.0. The van der Waals surface area contributed by atoms with Gasteiger partial charge in [0.05, 0.1) is 0 Å². The molecule has 74 valence electrons. The van der Waals surface area contributed by atoms with Crippen LogP contribution < -0.4 is 0 Å². The van der Waals surface area contributed by atoms with Crippen molar-refractivity contribution in [1.82, 2.24) is 0 Å². The minimum Gasteiger partial charge on any atom is -0.295 e. The van der Waals surface area contributed by atoms with Crippen molar-refractivity contribution in [3.05, 3.63) is 11.6 Å². The molecule has 0 aliphatic heterocycles. The molecule has 0 radical (unpaired) electrons. The molecule has 0 spiro atoms. The van der Waals surface area contributed by atoms with Gasteiger partial charge in [0.15, 0.2) is 5.78 Å². The third kappa shape index (κ3) is 4.25. The Kier molecular flexibility index (Phi) is 4.81. The summed E-state index contributed by atoms with van der Waals surface area (Å²) < 4.78 is 0. The maximum Gasteiger partial charge on any atom is 0.155 e. The predicted molar refractivity (Wildman–Crippen MR) is 55.7 cm³/mol. The summed E-state index contributed by atoms with van der Waals surface area (Å²) in [7, 11) is 0. The first-order valence-corrected chi connectivity index (χ1v) is 5.55. The van der Waals surface area contributed by atoms with Gasteiger partial charge in [0.25, 0.3) is 0 Å². The van der Waals surface area contributed by atoms with Crippen LogP contribution in [0.5, 0.6) is 0 Å². The fourth-order valence-electron chi connectivity index (χ4n) is 1.82. The lowest BCUT2D eigenvalue weighted by Gasteiger charge is -2.03. The number of hydrogen-bond donors (Lipinski definition) is 0. The van der Waals surface area contributed by atoms with E-state index in [0.717, 1.165) is 25.7 Å². The third-order valence-corrected chi connectivity index (χ3v) is 2.64. The van der Waals surface area contributed by atoms with E-state index in [-0.39, 0.29) is 0 Å². The number of allylic oxidation sites excluding steroid dienone is 2. The molecule has 1 aliphatic carbocycles. The second kappa shape index (κ2) is 5.95. The van der Waals surface area contributed by atoms with Gasteiger partial charge in [0.1, 0.15) is 0 Å².